The van der Waals surface area contributed by atoms with Gasteiger partial charge in [0.1, 0.15) is 21.7 Å². The molecule has 3 heterocycles. The molecule has 1 N–H and O–H groups in total. The van der Waals surface area contributed by atoms with E-state index in [-0.39, 0.29) is 23.8 Å². The number of pyridine rings is 1. The van der Waals surface area contributed by atoms with E-state index in [0.717, 1.165) is 23.1 Å². The van der Waals surface area contributed by atoms with Gasteiger partial charge in [0.25, 0.3) is 0 Å². The molecule has 0 saturated carbocycles. The van der Waals surface area contributed by atoms with Crippen molar-refractivity contribution in [3.63, 3.8) is 0 Å². The fourth-order valence-electron chi connectivity index (χ4n) is 3.40. The average molecular weight is 447 g/mol. The average Bonchev–Trinajstić information content (AvgIpc) is 3.22. The number of nitrogens with one attached hydrogen (secondary N) is 1. The fourth-order valence-corrected chi connectivity index (χ4v) is 5.20. The minimum Gasteiger partial charge on any atom is -0.353 e. The van der Waals surface area contributed by atoms with Gasteiger partial charge < -0.3 is 9.80 Å². The number of sulfonamides is 1. The number of fused-ring (bicyclic) bond motifs is 1. The Labute approximate surface area is 179 Å². The molecular formula is C19H22N6O3S2. The lowest BCUT2D eigenvalue weighted by Gasteiger charge is -2.35. The molecule has 158 valence electrons. The van der Waals surface area contributed by atoms with Gasteiger partial charge in [-0.3, -0.25) is 4.79 Å². The molecule has 1 aromatic carbocycles. The van der Waals surface area contributed by atoms with Crippen molar-refractivity contribution < 1.29 is 13.2 Å². The Morgan fingerprint density at radius 3 is 2.73 bits per heavy atom. The Morgan fingerprint density at radius 2 is 1.97 bits per heavy atom. The smallest absolute Gasteiger partial charge is 0.242 e. The number of benzene rings is 1. The first-order chi connectivity index (χ1) is 14.4. The van der Waals surface area contributed by atoms with Gasteiger partial charge in [-0.2, -0.15) is 8.75 Å². The Morgan fingerprint density at radius 1 is 1.17 bits per heavy atom. The molecular weight excluding hydrogens is 424 g/mol. The number of piperazine rings is 1. The van der Waals surface area contributed by atoms with Crippen LogP contribution < -0.4 is 9.62 Å². The fraction of sp³-hybridized carbons (Fsp3) is 0.368. The van der Waals surface area contributed by atoms with Crippen LogP contribution in [0.4, 0.5) is 5.82 Å². The zero-order valence-electron chi connectivity index (χ0n) is 16.5. The predicted octanol–water partition coefficient (Wildman–Crippen LogP) is 1.41. The molecule has 1 aliphatic heterocycles. The molecule has 1 saturated heterocycles. The van der Waals surface area contributed by atoms with E-state index < -0.39 is 10.0 Å². The number of nitrogens with zero attached hydrogens (tertiary/aromatic N) is 5. The summed E-state index contributed by atoms with van der Waals surface area (Å²) in [7, 11) is -3.77. The predicted molar refractivity (Wildman–Crippen MR) is 115 cm³/mol. The van der Waals surface area contributed by atoms with Crippen LogP contribution in [0.15, 0.2) is 41.4 Å². The number of aromatic nitrogens is 3. The maximum Gasteiger partial charge on any atom is 0.242 e. The van der Waals surface area contributed by atoms with Crippen LogP contribution in [0.2, 0.25) is 0 Å². The van der Waals surface area contributed by atoms with E-state index in [2.05, 4.69) is 23.4 Å². The van der Waals surface area contributed by atoms with Gasteiger partial charge >= 0.3 is 0 Å². The lowest BCUT2D eigenvalue weighted by Crippen LogP contribution is -2.49. The summed E-state index contributed by atoms with van der Waals surface area (Å²) >= 11 is 0.968. The monoisotopic (exact) mass is 446 g/mol. The zero-order chi connectivity index (χ0) is 21.1. The lowest BCUT2D eigenvalue weighted by molar-refractivity contribution is -0.131. The summed E-state index contributed by atoms with van der Waals surface area (Å²) < 4.78 is 35.9. The molecule has 1 amide bonds. The van der Waals surface area contributed by atoms with Gasteiger partial charge in [-0.15, -0.1) is 0 Å². The van der Waals surface area contributed by atoms with Crippen LogP contribution in [0.5, 0.6) is 0 Å². The van der Waals surface area contributed by atoms with Gasteiger partial charge in [0.2, 0.25) is 15.9 Å². The maximum atomic E-state index is 12.6. The lowest BCUT2D eigenvalue weighted by atomic mass is 10.2. The largest absolute Gasteiger partial charge is 0.353 e. The second kappa shape index (κ2) is 8.62. The summed E-state index contributed by atoms with van der Waals surface area (Å²) in [5, 5.41) is 0. The van der Waals surface area contributed by atoms with Crippen molar-refractivity contribution in [2.75, 3.05) is 37.6 Å². The molecule has 4 rings (SSSR count). The first-order valence-corrected chi connectivity index (χ1v) is 11.8. The van der Waals surface area contributed by atoms with Crippen molar-refractivity contribution in [1.82, 2.24) is 23.4 Å². The normalized spacial score (nSPS) is 15.0. The molecule has 1 aliphatic rings. The van der Waals surface area contributed by atoms with E-state index in [1.807, 2.05) is 19.1 Å². The third-order valence-electron chi connectivity index (χ3n) is 5.03. The molecule has 11 heteroatoms. The Hall–Kier alpha value is -2.63. The summed E-state index contributed by atoms with van der Waals surface area (Å²) in [4.78, 5) is 20.9. The summed E-state index contributed by atoms with van der Waals surface area (Å²) in [6.45, 7) is 4.64. The number of hydrogen-bond acceptors (Lipinski definition) is 8. The number of hydrogen-bond donors (Lipinski definition) is 1. The molecule has 0 bridgehead atoms. The third-order valence-corrected chi connectivity index (χ3v) is 7.06. The maximum absolute atomic E-state index is 12.6. The van der Waals surface area contributed by atoms with Crippen molar-refractivity contribution in [3.8, 4) is 0 Å². The highest BCUT2D eigenvalue weighted by atomic mass is 32.2. The van der Waals surface area contributed by atoms with Gasteiger partial charge in [-0.05, 0) is 36.8 Å². The van der Waals surface area contributed by atoms with Crippen LogP contribution in [0.1, 0.15) is 12.0 Å². The summed E-state index contributed by atoms with van der Waals surface area (Å²) in [6, 6.07) is 8.83. The standard InChI is InChI=1S/C19H22N6O3S2/c1-14-5-7-20-17(13-14)24-9-11-25(12-10-24)18(26)6-8-21-30(27,28)16-4-2-3-15-19(16)23-29-22-15/h2-5,7,13,21H,6,8-12H2,1H3. The summed E-state index contributed by atoms with van der Waals surface area (Å²) in [5.74, 6) is 0.851. The highest BCUT2D eigenvalue weighted by Crippen LogP contribution is 2.21. The molecule has 3 aromatic rings. The van der Waals surface area contributed by atoms with Crippen molar-refractivity contribution >= 4 is 44.5 Å². The SMILES string of the molecule is Cc1ccnc(N2CCN(C(=O)CCNS(=O)(=O)c3cccc4nsnc34)CC2)c1. The third kappa shape index (κ3) is 4.42. The van der Waals surface area contributed by atoms with Crippen LogP contribution >= 0.6 is 11.7 Å². The van der Waals surface area contributed by atoms with E-state index in [0.29, 0.717) is 37.2 Å². The zero-order valence-corrected chi connectivity index (χ0v) is 18.1. The number of amides is 1. The number of anilines is 1. The van der Waals surface area contributed by atoms with Crippen LogP contribution in [0.25, 0.3) is 11.0 Å². The second-order valence-electron chi connectivity index (χ2n) is 7.10. The minimum absolute atomic E-state index is 0.0365. The highest BCUT2D eigenvalue weighted by molar-refractivity contribution is 7.89. The van der Waals surface area contributed by atoms with Crippen LogP contribution in [0, 0.1) is 6.92 Å². The van der Waals surface area contributed by atoms with E-state index >= 15 is 0 Å². The topological polar surface area (TPSA) is 108 Å². The van der Waals surface area contributed by atoms with Crippen molar-refractivity contribution in [2.24, 2.45) is 0 Å². The van der Waals surface area contributed by atoms with Gasteiger partial charge in [0.05, 0.1) is 11.7 Å². The molecule has 0 atom stereocenters. The van der Waals surface area contributed by atoms with Crippen molar-refractivity contribution in [2.45, 2.75) is 18.2 Å². The Kier molecular flexibility index (Phi) is 5.93. The Bertz CT molecular complexity index is 1160. The van der Waals surface area contributed by atoms with Gasteiger partial charge in [0, 0.05) is 45.3 Å². The summed E-state index contributed by atoms with van der Waals surface area (Å²) in [5.41, 5.74) is 2.04. The number of carbonyl (C=O) groups is 1. The van der Waals surface area contributed by atoms with E-state index in [1.54, 1.807) is 23.2 Å². The molecule has 0 radical (unpaired) electrons. The van der Waals surface area contributed by atoms with Gasteiger partial charge in [-0.1, -0.05) is 6.07 Å². The molecule has 2 aromatic heterocycles. The van der Waals surface area contributed by atoms with Gasteiger partial charge in [0.15, 0.2) is 0 Å². The van der Waals surface area contributed by atoms with E-state index in [9.17, 15) is 13.2 Å². The number of carbonyl (C=O) groups excluding carboxylic acids is 1. The second-order valence-corrected chi connectivity index (χ2v) is 9.36. The first-order valence-electron chi connectivity index (χ1n) is 9.60. The van der Waals surface area contributed by atoms with E-state index in [1.165, 1.54) is 6.07 Å². The minimum atomic E-state index is -3.77. The quantitative estimate of drug-likeness (QED) is 0.610. The van der Waals surface area contributed by atoms with Gasteiger partial charge in [-0.25, -0.2) is 18.1 Å². The highest BCUT2D eigenvalue weighted by Gasteiger charge is 2.23. The molecule has 30 heavy (non-hydrogen) atoms. The van der Waals surface area contributed by atoms with Crippen molar-refractivity contribution in [1.29, 1.82) is 0 Å². The van der Waals surface area contributed by atoms with Crippen LogP contribution in [0.3, 0.4) is 0 Å². The molecule has 9 nitrogen and oxygen atoms in total. The van der Waals surface area contributed by atoms with Crippen LogP contribution in [-0.4, -0.2) is 65.7 Å². The van der Waals surface area contributed by atoms with Crippen LogP contribution in [-0.2, 0) is 14.8 Å². The number of rotatable bonds is 6. The van der Waals surface area contributed by atoms with Crippen molar-refractivity contribution in [3.05, 3.63) is 42.1 Å². The first kappa shape index (κ1) is 20.6. The number of aryl methyl sites for hydroxylation is 1. The summed E-state index contributed by atoms with van der Waals surface area (Å²) in [6.07, 6.45) is 1.89. The molecule has 0 spiro atoms. The molecule has 0 unspecified atom stereocenters. The van der Waals surface area contributed by atoms with E-state index in [4.69, 9.17) is 0 Å². The Balaban J connectivity index is 1.30. The molecule has 1 fully saturated rings. The molecule has 0 aliphatic carbocycles.